The molecule has 0 amide bonds. The molecular formula is C17H22N2O. The predicted molar refractivity (Wildman–Crippen MR) is 78.4 cm³/mol. The number of methoxy groups -OCH3 is 1. The first-order valence-corrected chi connectivity index (χ1v) is 7.58. The molecule has 0 saturated heterocycles. The highest BCUT2D eigenvalue weighted by Gasteiger charge is 2.29. The molecule has 0 aromatic heterocycles. The topological polar surface area (TPSA) is 36.3 Å². The van der Waals surface area contributed by atoms with Gasteiger partial charge >= 0.3 is 0 Å². The number of nitriles is 1. The smallest absolute Gasteiger partial charge is 0.123 e. The highest BCUT2D eigenvalue weighted by molar-refractivity contribution is 5.42. The zero-order valence-electron chi connectivity index (χ0n) is 12.1. The zero-order chi connectivity index (χ0) is 13.9. The van der Waals surface area contributed by atoms with Crippen molar-refractivity contribution in [3.05, 3.63) is 29.3 Å². The van der Waals surface area contributed by atoms with Crippen molar-refractivity contribution in [3.63, 3.8) is 0 Å². The van der Waals surface area contributed by atoms with Crippen molar-refractivity contribution in [2.24, 2.45) is 11.8 Å². The van der Waals surface area contributed by atoms with Crippen LogP contribution in [0.25, 0.3) is 0 Å². The van der Waals surface area contributed by atoms with Crippen molar-refractivity contribution in [1.29, 1.82) is 5.26 Å². The van der Waals surface area contributed by atoms with Gasteiger partial charge in [-0.3, -0.25) is 4.90 Å². The van der Waals surface area contributed by atoms with E-state index in [-0.39, 0.29) is 0 Å². The van der Waals surface area contributed by atoms with E-state index in [0.29, 0.717) is 0 Å². The van der Waals surface area contributed by atoms with E-state index in [1.165, 1.54) is 38.8 Å². The summed E-state index contributed by atoms with van der Waals surface area (Å²) < 4.78 is 5.45. The summed E-state index contributed by atoms with van der Waals surface area (Å²) in [5, 5.41) is 9.07. The lowest BCUT2D eigenvalue weighted by atomic mass is 10.1. The fourth-order valence-electron chi connectivity index (χ4n) is 2.75. The Morgan fingerprint density at radius 2 is 1.85 bits per heavy atom. The fraction of sp³-hybridized carbons (Fsp3) is 0.588. The maximum Gasteiger partial charge on any atom is 0.123 e. The number of rotatable bonds is 7. The molecule has 0 N–H and O–H groups in total. The van der Waals surface area contributed by atoms with E-state index in [0.717, 1.165) is 35.3 Å². The number of hydrogen-bond acceptors (Lipinski definition) is 3. The van der Waals surface area contributed by atoms with Crippen LogP contribution in [-0.2, 0) is 6.54 Å². The molecule has 3 heteroatoms. The number of nitrogens with zero attached hydrogens (tertiary/aromatic N) is 2. The van der Waals surface area contributed by atoms with Crippen LogP contribution in [-0.4, -0.2) is 25.1 Å². The summed E-state index contributed by atoms with van der Waals surface area (Å²) in [5.74, 6) is 2.71. The molecule has 0 atom stereocenters. The van der Waals surface area contributed by atoms with E-state index >= 15 is 0 Å². The van der Waals surface area contributed by atoms with Crippen LogP contribution in [0, 0.1) is 23.2 Å². The van der Waals surface area contributed by atoms with Crippen LogP contribution in [0.3, 0.4) is 0 Å². The summed E-state index contributed by atoms with van der Waals surface area (Å²) in [6, 6.07) is 7.95. The van der Waals surface area contributed by atoms with Crippen molar-refractivity contribution >= 4 is 0 Å². The molecule has 2 aliphatic carbocycles. The summed E-state index contributed by atoms with van der Waals surface area (Å²) in [6.45, 7) is 3.32. The van der Waals surface area contributed by atoms with E-state index in [4.69, 9.17) is 10.00 Å². The summed E-state index contributed by atoms with van der Waals surface area (Å²) in [5.41, 5.74) is 1.87. The van der Waals surface area contributed by atoms with E-state index < -0.39 is 0 Å². The molecule has 20 heavy (non-hydrogen) atoms. The molecule has 3 rings (SSSR count). The lowest BCUT2D eigenvalue weighted by Gasteiger charge is -2.23. The molecule has 0 heterocycles. The first-order chi connectivity index (χ1) is 9.78. The second-order valence-electron chi connectivity index (χ2n) is 6.22. The Morgan fingerprint density at radius 3 is 2.35 bits per heavy atom. The highest BCUT2D eigenvalue weighted by Crippen LogP contribution is 2.35. The molecule has 0 bridgehead atoms. The second kappa shape index (κ2) is 5.85. The van der Waals surface area contributed by atoms with Gasteiger partial charge < -0.3 is 4.74 Å². The predicted octanol–water partition coefficient (Wildman–Crippen LogP) is 3.19. The average Bonchev–Trinajstić information content (AvgIpc) is 3.35. The normalized spacial score (nSPS) is 18.1. The van der Waals surface area contributed by atoms with Crippen molar-refractivity contribution in [2.75, 3.05) is 20.2 Å². The molecule has 0 aliphatic heterocycles. The van der Waals surface area contributed by atoms with Crippen LogP contribution in [0.4, 0.5) is 0 Å². The molecular weight excluding hydrogens is 248 g/mol. The standard InChI is InChI=1S/C17H22N2O/c1-20-17-7-6-15(9-18)8-16(17)12-19(10-13-2-3-13)11-14-4-5-14/h6-8,13-14H,2-5,10-12H2,1H3. The van der Waals surface area contributed by atoms with Crippen LogP contribution < -0.4 is 4.74 Å². The number of ether oxygens (including phenoxy) is 1. The summed E-state index contributed by atoms with van der Waals surface area (Å²) in [4.78, 5) is 2.56. The van der Waals surface area contributed by atoms with Gasteiger partial charge in [0.25, 0.3) is 0 Å². The summed E-state index contributed by atoms with van der Waals surface area (Å²) in [7, 11) is 1.71. The summed E-state index contributed by atoms with van der Waals surface area (Å²) >= 11 is 0. The molecule has 0 radical (unpaired) electrons. The molecule has 1 aromatic rings. The van der Waals surface area contributed by atoms with Gasteiger partial charge in [-0.05, 0) is 55.7 Å². The van der Waals surface area contributed by atoms with E-state index in [2.05, 4.69) is 11.0 Å². The van der Waals surface area contributed by atoms with Crippen molar-refractivity contribution < 1.29 is 4.74 Å². The number of benzene rings is 1. The third kappa shape index (κ3) is 3.52. The Hall–Kier alpha value is -1.53. The molecule has 2 fully saturated rings. The van der Waals surface area contributed by atoms with Gasteiger partial charge in [0.05, 0.1) is 18.7 Å². The van der Waals surface area contributed by atoms with Crippen LogP contribution in [0.1, 0.15) is 36.8 Å². The second-order valence-corrected chi connectivity index (χ2v) is 6.22. The third-order valence-electron chi connectivity index (χ3n) is 4.23. The molecule has 0 spiro atoms. The molecule has 2 saturated carbocycles. The first kappa shape index (κ1) is 13.5. The molecule has 3 nitrogen and oxygen atoms in total. The average molecular weight is 270 g/mol. The van der Waals surface area contributed by atoms with E-state index in [1.54, 1.807) is 7.11 Å². The van der Waals surface area contributed by atoms with E-state index in [1.807, 2.05) is 18.2 Å². The van der Waals surface area contributed by atoms with Crippen molar-refractivity contribution in [2.45, 2.75) is 32.2 Å². The molecule has 2 aliphatic rings. The van der Waals surface area contributed by atoms with Crippen LogP contribution >= 0.6 is 0 Å². The van der Waals surface area contributed by atoms with Crippen LogP contribution in [0.15, 0.2) is 18.2 Å². The Labute approximate surface area is 121 Å². The van der Waals surface area contributed by atoms with Gasteiger partial charge in [-0.2, -0.15) is 5.26 Å². The van der Waals surface area contributed by atoms with Crippen molar-refractivity contribution in [1.82, 2.24) is 4.90 Å². The van der Waals surface area contributed by atoms with Crippen LogP contribution in [0.2, 0.25) is 0 Å². The quantitative estimate of drug-likeness (QED) is 0.763. The maximum absolute atomic E-state index is 9.07. The molecule has 1 aromatic carbocycles. The minimum absolute atomic E-state index is 0.721. The van der Waals surface area contributed by atoms with Gasteiger partial charge in [0.2, 0.25) is 0 Å². The van der Waals surface area contributed by atoms with Crippen molar-refractivity contribution in [3.8, 4) is 11.8 Å². The van der Waals surface area contributed by atoms with Gasteiger partial charge in [0.15, 0.2) is 0 Å². The summed E-state index contributed by atoms with van der Waals surface area (Å²) in [6.07, 6.45) is 5.54. The van der Waals surface area contributed by atoms with Crippen LogP contribution in [0.5, 0.6) is 5.75 Å². The Kier molecular flexibility index (Phi) is 3.93. The number of hydrogen-bond donors (Lipinski definition) is 0. The highest BCUT2D eigenvalue weighted by atomic mass is 16.5. The fourth-order valence-corrected chi connectivity index (χ4v) is 2.75. The first-order valence-electron chi connectivity index (χ1n) is 7.58. The molecule has 106 valence electrons. The minimum Gasteiger partial charge on any atom is -0.496 e. The van der Waals surface area contributed by atoms with Gasteiger partial charge in [-0.25, -0.2) is 0 Å². The Balaban J connectivity index is 1.73. The lowest BCUT2D eigenvalue weighted by molar-refractivity contribution is 0.240. The maximum atomic E-state index is 9.07. The van der Waals surface area contributed by atoms with Gasteiger partial charge in [0, 0.05) is 25.2 Å². The largest absolute Gasteiger partial charge is 0.496 e. The minimum atomic E-state index is 0.721. The Morgan fingerprint density at radius 1 is 1.20 bits per heavy atom. The third-order valence-corrected chi connectivity index (χ3v) is 4.23. The Bertz CT molecular complexity index is 498. The van der Waals surface area contributed by atoms with Gasteiger partial charge in [-0.15, -0.1) is 0 Å². The SMILES string of the molecule is COc1ccc(C#N)cc1CN(CC1CC1)CC1CC1. The monoisotopic (exact) mass is 270 g/mol. The zero-order valence-corrected chi connectivity index (χ0v) is 12.1. The van der Waals surface area contributed by atoms with Gasteiger partial charge in [0.1, 0.15) is 5.75 Å². The molecule has 0 unspecified atom stereocenters. The van der Waals surface area contributed by atoms with E-state index in [9.17, 15) is 0 Å². The lowest BCUT2D eigenvalue weighted by Crippen LogP contribution is -2.28. The van der Waals surface area contributed by atoms with Gasteiger partial charge in [-0.1, -0.05) is 0 Å².